The SMILES string of the molecule is CCC(C)C(NC(=O)C1CCCN1)C(=O)NC(Cc1ccccc1)C(=O)NC(CCCCN)C(=O)O. The predicted octanol–water partition coefficient (Wildman–Crippen LogP) is 0.695. The number of carbonyl (C=O) groups is 4. The maximum Gasteiger partial charge on any atom is 0.326 e. The number of hydrogen-bond acceptors (Lipinski definition) is 6. The summed E-state index contributed by atoms with van der Waals surface area (Å²) in [5, 5.41) is 20.9. The summed E-state index contributed by atoms with van der Waals surface area (Å²) in [6.07, 6.45) is 3.88. The van der Waals surface area contributed by atoms with Gasteiger partial charge in [-0.15, -0.1) is 0 Å². The van der Waals surface area contributed by atoms with Crippen molar-refractivity contribution < 1.29 is 24.3 Å². The Morgan fingerprint density at radius 1 is 1.06 bits per heavy atom. The lowest BCUT2D eigenvalue weighted by atomic mass is 9.96. The predicted molar refractivity (Wildman–Crippen MR) is 137 cm³/mol. The van der Waals surface area contributed by atoms with Crippen LogP contribution in [0.1, 0.15) is 57.9 Å². The Morgan fingerprint density at radius 2 is 1.75 bits per heavy atom. The van der Waals surface area contributed by atoms with E-state index in [1.165, 1.54) is 0 Å². The van der Waals surface area contributed by atoms with Crippen LogP contribution >= 0.6 is 0 Å². The fourth-order valence-corrected chi connectivity index (χ4v) is 4.21. The molecule has 0 bridgehead atoms. The summed E-state index contributed by atoms with van der Waals surface area (Å²) < 4.78 is 0. The number of carbonyl (C=O) groups excluding carboxylic acids is 3. The van der Waals surface area contributed by atoms with Crippen LogP contribution in [0.15, 0.2) is 30.3 Å². The smallest absolute Gasteiger partial charge is 0.326 e. The fourth-order valence-electron chi connectivity index (χ4n) is 4.21. The number of hydrogen-bond donors (Lipinski definition) is 6. The maximum absolute atomic E-state index is 13.4. The highest BCUT2D eigenvalue weighted by atomic mass is 16.4. The van der Waals surface area contributed by atoms with Gasteiger partial charge in [-0.05, 0) is 56.7 Å². The van der Waals surface area contributed by atoms with E-state index in [0.717, 1.165) is 18.5 Å². The molecule has 0 aliphatic carbocycles. The largest absolute Gasteiger partial charge is 0.480 e. The summed E-state index contributed by atoms with van der Waals surface area (Å²) in [6.45, 7) is 4.99. The minimum atomic E-state index is -1.14. The molecule has 200 valence electrons. The molecule has 1 aliphatic rings. The van der Waals surface area contributed by atoms with E-state index < -0.39 is 35.9 Å². The molecule has 1 aliphatic heterocycles. The third-order valence-electron chi connectivity index (χ3n) is 6.65. The number of nitrogens with two attached hydrogens (primary N) is 1. The summed E-state index contributed by atoms with van der Waals surface area (Å²) in [6, 6.07) is 5.92. The van der Waals surface area contributed by atoms with Crippen molar-refractivity contribution in [1.82, 2.24) is 21.3 Å². The second-order valence-corrected chi connectivity index (χ2v) is 9.46. The van der Waals surface area contributed by atoms with Crippen LogP contribution in [-0.2, 0) is 25.6 Å². The van der Waals surface area contributed by atoms with E-state index in [9.17, 15) is 24.3 Å². The van der Waals surface area contributed by atoms with Crippen molar-refractivity contribution in [3.63, 3.8) is 0 Å². The standard InChI is InChI=1S/C26H41N5O5/c1-3-17(2)22(31-23(32)19-13-9-15-28-19)25(34)30-21(16-18-10-5-4-6-11-18)24(33)29-20(26(35)36)12-7-8-14-27/h4-6,10-11,17,19-22,28H,3,7-9,12-16,27H2,1-2H3,(H,29,33)(H,30,34)(H,31,32)(H,35,36). The van der Waals surface area contributed by atoms with E-state index in [-0.39, 0.29) is 30.7 Å². The van der Waals surface area contributed by atoms with Crippen LogP contribution in [0, 0.1) is 5.92 Å². The number of benzene rings is 1. The highest BCUT2D eigenvalue weighted by Gasteiger charge is 2.33. The van der Waals surface area contributed by atoms with E-state index >= 15 is 0 Å². The lowest BCUT2D eigenvalue weighted by molar-refractivity contribution is -0.142. The number of nitrogens with one attached hydrogen (secondary N) is 4. The van der Waals surface area contributed by atoms with Gasteiger partial charge in [0.05, 0.1) is 6.04 Å². The van der Waals surface area contributed by atoms with Crippen LogP contribution in [0.2, 0.25) is 0 Å². The quantitative estimate of drug-likeness (QED) is 0.192. The Labute approximate surface area is 213 Å². The number of aliphatic carboxylic acids is 1. The van der Waals surface area contributed by atoms with Crippen LogP contribution in [0.25, 0.3) is 0 Å². The Kier molecular flexibility index (Phi) is 12.4. The van der Waals surface area contributed by atoms with Gasteiger partial charge in [-0.3, -0.25) is 14.4 Å². The van der Waals surface area contributed by atoms with Gasteiger partial charge in [0.25, 0.3) is 0 Å². The average molecular weight is 504 g/mol. The zero-order chi connectivity index (χ0) is 26.5. The topological polar surface area (TPSA) is 163 Å². The van der Waals surface area contributed by atoms with Gasteiger partial charge in [0.2, 0.25) is 17.7 Å². The molecular formula is C26H41N5O5. The van der Waals surface area contributed by atoms with Crippen molar-refractivity contribution in [2.24, 2.45) is 11.7 Å². The van der Waals surface area contributed by atoms with E-state index in [2.05, 4.69) is 21.3 Å². The summed E-state index contributed by atoms with van der Waals surface area (Å²) in [5.41, 5.74) is 6.32. The fraction of sp³-hybridized carbons (Fsp3) is 0.615. The van der Waals surface area contributed by atoms with Crippen LogP contribution in [0.5, 0.6) is 0 Å². The monoisotopic (exact) mass is 503 g/mol. The summed E-state index contributed by atoms with van der Waals surface area (Å²) in [4.78, 5) is 51.0. The number of amides is 3. The molecule has 5 atom stereocenters. The van der Waals surface area contributed by atoms with E-state index in [0.29, 0.717) is 32.2 Å². The minimum absolute atomic E-state index is 0.168. The van der Waals surface area contributed by atoms with Gasteiger partial charge in [-0.25, -0.2) is 4.79 Å². The van der Waals surface area contributed by atoms with Crippen molar-refractivity contribution in [3.8, 4) is 0 Å². The normalized spacial score (nSPS) is 18.5. The molecule has 10 nitrogen and oxygen atoms in total. The van der Waals surface area contributed by atoms with Crippen LogP contribution < -0.4 is 27.0 Å². The summed E-state index contributed by atoms with van der Waals surface area (Å²) in [5.74, 6) is -2.60. The molecule has 2 rings (SSSR count). The third-order valence-corrected chi connectivity index (χ3v) is 6.65. The van der Waals surface area contributed by atoms with Crippen molar-refractivity contribution in [2.75, 3.05) is 13.1 Å². The molecule has 3 amide bonds. The van der Waals surface area contributed by atoms with Crippen molar-refractivity contribution in [1.29, 1.82) is 0 Å². The lowest BCUT2D eigenvalue weighted by Gasteiger charge is -2.28. The van der Waals surface area contributed by atoms with E-state index in [1.807, 2.05) is 44.2 Å². The number of rotatable bonds is 15. The maximum atomic E-state index is 13.4. The highest BCUT2D eigenvalue weighted by molar-refractivity contribution is 5.94. The molecule has 0 radical (unpaired) electrons. The second kappa shape index (κ2) is 15.2. The molecule has 1 aromatic rings. The Bertz CT molecular complexity index is 860. The number of carboxylic acids is 1. The Hall–Kier alpha value is -2.98. The molecule has 10 heteroatoms. The molecule has 5 unspecified atom stereocenters. The number of unbranched alkanes of at least 4 members (excludes halogenated alkanes) is 1. The van der Waals surface area contributed by atoms with Crippen LogP contribution in [0.3, 0.4) is 0 Å². The van der Waals surface area contributed by atoms with Gasteiger partial charge >= 0.3 is 5.97 Å². The molecule has 1 aromatic carbocycles. The molecule has 1 saturated heterocycles. The zero-order valence-corrected chi connectivity index (χ0v) is 21.3. The average Bonchev–Trinajstić information content (AvgIpc) is 3.41. The Morgan fingerprint density at radius 3 is 2.33 bits per heavy atom. The molecule has 36 heavy (non-hydrogen) atoms. The van der Waals surface area contributed by atoms with Gasteiger partial charge < -0.3 is 32.1 Å². The molecule has 0 spiro atoms. The zero-order valence-electron chi connectivity index (χ0n) is 21.3. The second-order valence-electron chi connectivity index (χ2n) is 9.46. The molecule has 1 heterocycles. The van der Waals surface area contributed by atoms with E-state index in [4.69, 9.17) is 5.73 Å². The third kappa shape index (κ3) is 9.23. The van der Waals surface area contributed by atoms with Crippen molar-refractivity contribution in [3.05, 3.63) is 35.9 Å². The molecule has 1 fully saturated rings. The molecule has 0 saturated carbocycles. The molecule has 0 aromatic heterocycles. The first-order valence-electron chi connectivity index (χ1n) is 12.9. The Balaban J connectivity index is 2.18. The van der Waals surface area contributed by atoms with E-state index in [1.54, 1.807) is 0 Å². The first-order chi connectivity index (χ1) is 17.3. The first-order valence-corrected chi connectivity index (χ1v) is 12.9. The summed E-state index contributed by atoms with van der Waals surface area (Å²) in [7, 11) is 0. The van der Waals surface area contributed by atoms with Crippen molar-refractivity contribution in [2.45, 2.75) is 83.0 Å². The van der Waals surface area contributed by atoms with Gasteiger partial charge in [-0.1, -0.05) is 50.6 Å². The number of carboxylic acid groups (broad SMARTS) is 1. The lowest BCUT2D eigenvalue weighted by Crippen LogP contribution is -2.59. The van der Waals surface area contributed by atoms with Gasteiger partial charge in [0, 0.05) is 6.42 Å². The van der Waals surface area contributed by atoms with Gasteiger partial charge in [0.1, 0.15) is 18.1 Å². The van der Waals surface area contributed by atoms with Gasteiger partial charge in [-0.2, -0.15) is 0 Å². The molecular weight excluding hydrogens is 462 g/mol. The summed E-state index contributed by atoms with van der Waals surface area (Å²) >= 11 is 0. The van der Waals surface area contributed by atoms with Gasteiger partial charge in [0.15, 0.2) is 0 Å². The van der Waals surface area contributed by atoms with Crippen LogP contribution in [-0.4, -0.2) is 66.1 Å². The van der Waals surface area contributed by atoms with Crippen LogP contribution in [0.4, 0.5) is 0 Å². The van der Waals surface area contributed by atoms with Crippen molar-refractivity contribution >= 4 is 23.7 Å². The minimum Gasteiger partial charge on any atom is -0.480 e. The first kappa shape index (κ1) is 29.3. The molecule has 7 N–H and O–H groups in total. The highest BCUT2D eigenvalue weighted by Crippen LogP contribution is 2.12.